The highest BCUT2D eigenvalue weighted by Gasteiger charge is 2.31. The molecule has 0 spiro atoms. The molecule has 0 aliphatic carbocycles. The number of amides is 1. The van der Waals surface area contributed by atoms with Crippen LogP contribution in [0.15, 0.2) is 23.1 Å². The van der Waals surface area contributed by atoms with Gasteiger partial charge >= 0.3 is 0 Å². The van der Waals surface area contributed by atoms with E-state index in [0.29, 0.717) is 25.1 Å². The van der Waals surface area contributed by atoms with Crippen molar-refractivity contribution in [1.82, 2.24) is 8.61 Å². The summed E-state index contributed by atoms with van der Waals surface area (Å²) in [6.07, 6.45) is 1.21. The normalized spacial score (nSPS) is 19.2. The predicted molar refractivity (Wildman–Crippen MR) is 104 cm³/mol. The molecule has 8 nitrogen and oxygen atoms in total. The molecule has 10 heteroatoms. The minimum absolute atomic E-state index is 0.00485. The highest BCUT2D eigenvalue weighted by atomic mass is 32.2. The zero-order chi connectivity index (χ0) is 20.4. The molecule has 1 N–H and O–H groups in total. The number of carbonyl (C=O) groups excluding carboxylic acids is 1. The van der Waals surface area contributed by atoms with Gasteiger partial charge in [0.1, 0.15) is 0 Å². The van der Waals surface area contributed by atoms with Crippen LogP contribution < -0.4 is 5.32 Å². The number of anilines is 1. The molecule has 1 atom stereocenters. The highest BCUT2D eigenvalue weighted by molar-refractivity contribution is 7.89. The third-order valence-corrected chi connectivity index (χ3v) is 8.42. The van der Waals surface area contributed by atoms with E-state index < -0.39 is 26.0 Å². The number of hydrogen-bond acceptors (Lipinski definition) is 5. The Balaban J connectivity index is 2.20. The van der Waals surface area contributed by atoms with Gasteiger partial charge in [-0.05, 0) is 44.4 Å². The zero-order valence-electron chi connectivity index (χ0n) is 16.1. The summed E-state index contributed by atoms with van der Waals surface area (Å²) in [5.74, 6) is -0.757. The summed E-state index contributed by atoms with van der Waals surface area (Å²) in [6.45, 7) is 3.93. The van der Waals surface area contributed by atoms with Crippen molar-refractivity contribution in [1.29, 1.82) is 0 Å². The molecule has 0 radical (unpaired) electrons. The van der Waals surface area contributed by atoms with Crippen LogP contribution in [-0.2, 0) is 24.8 Å². The Hall–Kier alpha value is -1.49. The maximum Gasteiger partial charge on any atom is 0.242 e. The fourth-order valence-corrected chi connectivity index (χ4v) is 5.04. The van der Waals surface area contributed by atoms with Crippen molar-refractivity contribution in [2.24, 2.45) is 5.92 Å². The Bertz CT molecular complexity index is 910. The van der Waals surface area contributed by atoms with E-state index in [9.17, 15) is 21.6 Å². The van der Waals surface area contributed by atoms with Gasteiger partial charge in [-0.1, -0.05) is 6.07 Å². The van der Waals surface area contributed by atoms with Crippen molar-refractivity contribution in [3.05, 3.63) is 23.8 Å². The molecular weight excluding hydrogens is 390 g/mol. The summed E-state index contributed by atoms with van der Waals surface area (Å²) in [5, 5.41) is 2.78. The second kappa shape index (κ2) is 8.26. The van der Waals surface area contributed by atoms with E-state index in [4.69, 9.17) is 0 Å². The molecule has 2 rings (SSSR count). The van der Waals surface area contributed by atoms with Gasteiger partial charge < -0.3 is 5.32 Å². The van der Waals surface area contributed by atoms with Gasteiger partial charge in [-0.15, -0.1) is 0 Å². The van der Waals surface area contributed by atoms with Gasteiger partial charge in [0.05, 0.1) is 16.6 Å². The summed E-state index contributed by atoms with van der Waals surface area (Å²) < 4.78 is 51.2. The van der Waals surface area contributed by atoms with Crippen LogP contribution in [-0.4, -0.2) is 64.3 Å². The monoisotopic (exact) mass is 417 g/mol. The van der Waals surface area contributed by atoms with Crippen LogP contribution in [0.25, 0.3) is 0 Å². The number of piperidine rings is 1. The van der Waals surface area contributed by atoms with Crippen LogP contribution >= 0.6 is 0 Å². The summed E-state index contributed by atoms with van der Waals surface area (Å²) in [6, 6.07) is 4.57. The summed E-state index contributed by atoms with van der Waals surface area (Å²) in [7, 11) is -4.06. The van der Waals surface area contributed by atoms with E-state index in [-0.39, 0.29) is 23.1 Å². The minimum Gasteiger partial charge on any atom is -0.326 e. The maximum absolute atomic E-state index is 12.7. The third-order valence-electron chi connectivity index (χ3n) is 4.76. The lowest BCUT2D eigenvalue weighted by Gasteiger charge is -2.31. The maximum atomic E-state index is 12.7. The van der Waals surface area contributed by atoms with Crippen LogP contribution in [0.1, 0.15) is 25.3 Å². The summed E-state index contributed by atoms with van der Waals surface area (Å²) in [4.78, 5) is 12.8. The highest BCUT2D eigenvalue weighted by Crippen LogP contribution is 2.25. The van der Waals surface area contributed by atoms with E-state index in [2.05, 4.69) is 5.32 Å². The Morgan fingerprint density at radius 3 is 2.52 bits per heavy atom. The SMILES string of the molecule is CCS(=O)(=O)N1CCC[C@@H](C(=O)Nc2cc(S(=O)(=O)N(C)C)ccc2C)C1. The molecule has 1 aliphatic rings. The van der Waals surface area contributed by atoms with Crippen LogP contribution in [0.4, 0.5) is 5.69 Å². The van der Waals surface area contributed by atoms with Crippen molar-refractivity contribution >= 4 is 31.6 Å². The fraction of sp³-hybridized carbons (Fsp3) is 0.588. The molecule has 27 heavy (non-hydrogen) atoms. The number of nitrogens with one attached hydrogen (secondary N) is 1. The van der Waals surface area contributed by atoms with Gasteiger partial charge in [0.25, 0.3) is 0 Å². The molecule has 1 saturated heterocycles. The third kappa shape index (κ3) is 4.87. The molecule has 0 aromatic heterocycles. The minimum atomic E-state index is -3.61. The molecule has 1 aliphatic heterocycles. The molecule has 1 amide bonds. The van der Waals surface area contributed by atoms with E-state index in [1.807, 2.05) is 0 Å². The van der Waals surface area contributed by atoms with E-state index in [1.165, 1.54) is 30.5 Å². The number of benzene rings is 1. The number of rotatable bonds is 6. The van der Waals surface area contributed by atoms with Gasteiger partial charge in [0.15, 0.2) is 0 Å². The number of carbonyl (C=O) groups is 1. The Morgan fingerprint density at radius 1 is 1.26 bits per heavy atom. The van der Waals surface area contributed by atoms with Gasteiger partial charge in [0.2, 0.25) is 26.0 Å². The number of nitrogens with zero attached hydrogens (tertiary/aromatic N) is 2. The average molecular weight is 418 g/mol. The first-order valence-corrected chi connectivity index (χ1v) is 11.9. The fourth-order valence-electron chi connectivity index (χ4n) is 2.93. The Kier molecular flexibility index (Phi) is 6.67. The number of sulfonamides is 2. The quantitative estimate of drug-likeness (QED) is 0.750. The van der Waals surface area contributed by atoms with Crippen molar-refractivity contribution in [3.8, 4) is 0 Å². The lowest BCUT2D eigenvalue weighted by molar-refractivity contribution is -0.120. The molecule has 1 aromatic rings. The molecule has 0 bridgehead atoms. The Labute approximate surface area is 161 Å². The smallest absolute Gasteiger partial charge is 0.242 e. The van der Waals surface area contributed by atoms with E-state index in [0.717, 1.165) is 9.87 Å². The second-order valence-electron chi connectivity index (χ2n) is 6.85. The predicted octanol–water partition coefficient (Wildman–Crippen LogP) is 1.25. The molecule has 1 aromatic carbocycles. The van der Waals surface area contributed by atoms with E-state index >= 15 is 0 Å². The van der Waals surface area contributed by atoms with Gasteiger partial charge in [-0.3, -0.25) is 4.79 Å². The van der Waals surface area contributed by atoms with Crippen LogP contribution in [0.2, 0.25) is 0 Å². The largest absolute Gasteiger partial charge is 0.326 e. The zero-order valence-corrected chi connectivity index (χ0v) is 17.7. The molecule has 152 valence electrons. The summed E-state index contributed by atoms with van der Waals surface area (Å²) >= 11 is 0. The van der Waals surface area contributed by atoms with Crippen LogP contribution in [0.5, 0.6) is 0 Å². The Morgan fingerprint density at radius 2 is 1.93 bits per heavy atom. The van der Waals surface area contributed by atoms with Gasteiger partial charge in [0, 0.05) is 32.9 Å². The van der Waals surface area contributed by atoms with Crippen molar-refractivity contribution in [2.75, 3.05) is 38.3 Å². The molecule has 1 fully saturated rings. The lowest BCUT2D eigenvalue weighted by atomic mass is 9.98. The topological polar surface area (TPSA) is 104 Å². The van der Waals surface area contributed by atoms with Crippen molar-refractivity contribution < 1.29 is 21.6 Å². The average Bonchev–Trinajstić information content (AvgIpc) is 2.63. The molecule has 1 heterocycles. The first kappa shape index (κ1) is 21.8. The number of hydrogen-bond donors (Lipinski definition) is 1. The lowest BCUT2D eigenvalue weighted by Crippen LogP contribution is -2.44. The van der Waals surface area contributed by atoms with Crippen LogP contribution in [0, 0.1) is 12.8 Å². The number of aryl methyl sites for hydroxylation is 1. The van der Waals surface area contributed by atoms with Gasteiger partial charge in [-0.25, -0.2) is 25.4 Å². The molecule has 0 saturated carbocycles. The summed E-state index contributed by atoms with van der Waals surface area (Å²) in [5.41, 5.74) is 1.15. The molecular formula is C17H27N3O5S2. The molecule has 0 unspecified atom stereocenters. The first-order chi connectivity index (χ1) is 12.5. The van der Waals surface area contributed by atoms with E-state index in [1.54, 1.807) is 19.9 Å². The standard InChI is InChI=1S/C17H27N3O5S2/c1-5-26(22,23)20-10-6-7-14(12-20)17(21)18-16-11-15(9-8-13(16)2)27(24,25)19(3)4/h8-9,11,14H,5-7,10,12H2,1-4H3,(H,18,21)/t14-/m1/s1. The van der Waals surface area contributed by atoms with Crippen molar-refractivity contribution in [3.63, 3.8) is 0 Å². The second-order valence-corrected chi connectivity index (χ2v) is 11.3. The van der Waals surface area contributed by atoms with Crippen LogP contribution in [0.3, 0.4) is 0 Å². The van der Waals surface area contributed by atoms with Crippen molar-refractivity contribution in [2.45, 2.75) is 31.6 Å². The van der Waals surface area contributed by atoms with Gasteiger partial charge in [-0.2, -0.15) is 0 Å². The first-order valence-electron chi connectivity index (χ1n) is 8.81.